The van der Waals surface area contributed by atoms with Crippen molar-refractivity contribution in [2.24, 2.45) is 0 Å². The SMILES string of the molecule is Cc1cc(CS(=O)(=O)N2CCNCC2c2cccnc2)on1. The van der Waals surface area contributed by atoms with Crippen LogP contribution in [0.1, 0.15) is 23.1 Å². The molecule has 2 aromatic rings. The number of aromatic nitrogens is 2. The van der Waals surface area contributed by atoms with Crippen molar-refractivity contribution in [1.29, 1.82) is 0 Å². The first-order valence-corrected chi connectivity index (χ1v) is 8.69. The number of piperazine rings is 1. The van der Waals surface area contributed by atoms with Crippen LogP contribution in [0.5, 0.6) is 0 Å². The van der Waals surface area contributed by atoms with Gasteiger partial charge >= 0.3 is 0 Å². The Balaban J connectivity index is 1.86. The summed E-state index contributed by atoms with van der Waals surface area (Å²) in [7, 11) is -3.49. The van der Waals surface area contributed by atoms with Crippen LogP contribution >= 0.6 is 0 Å². The zero-order valence-electron chi connectivity index (χ0n) is 12.3. The van der Waals surface area contributed by atoms with Crippen molar-refractivity contribution in [3.8, 4) is 0 Å². The quantitative estimate of drug-likeness (QED) is 0.898. The third-order valence-electron chi connectivity index (χ3n) is 3.62. The lowest BCUT2D eigenvalue weighted by Crippen LogP contribution is -2.48. The van der Waals surface area contributed by atoms with Crippen molar-refractivity contribution < 1.29 is 12.9 Å². The molecule has 1 saturated heterocycles. The minimum Gasteiger partial charge on any atom is -0.360 e. The molecule has 0 saturated carbocycles. The number of hydrogen-bond donors (Lipinski definition) is 1. The van der Waals surface area contributed by atoms with Gasteiger partial charge < -0.3 is 9.84 Å². The van der Waals surface area contributed by atoms with Gasteiger partial charge in [-0.3, -0.25) is 4.98 Å². The third kappa shape index (κ3) is 3.18. The van der Waals surface area contributed by atoms with Crippen LogP contribution in [0, 0.1) is 6.92 Å². The van der Waals surface area contributed by atoms with Crippen LogP contribution in [0.25, 0.3) is 0 Å². The second kappa shape index (κ2) is 6.15. The molecule has 0 bridgehead atoms. The van der Waals surface area contributed by atoms with Crippen molar-refractivity contribution >= 4 is 10.0 Å². The highest BCUT2D eigenvalue weighted by molar-refractivity contribution is 7.88. The molecule has 1 unspecified atom stereocenters. The molecule has 0 aromatic carbocycles. The molecule has 1 N–H and O–H groups in total. The molecule has 3 heterocycles. The summed E-state index contributed by atoms with van der Waals surface area (Å²) in [5, 5.41) is 6.98. The Morgan fingerprint density at radius 2 is 2.36 bits per heavy atom. The van der Waals surface area contributed by atoms with E-state index in [0.717, 1.165) is 5.56 Å². The average Bonchev–Trinajstić information content (AvgIpc) is 2.92. The van der Waals surface area contributed by atoms with Gasteiger partial charge in [0, 0.05) is 38.1 Å². The van der Waals surface area contributed by atoms with Crippen LogP contribution in [0.4, 0.5) is 0 Å². The first-order valence-electron chi connectivity index (χ1n) is 7.08. The summed E-state index contributed by atoms with van der Waals surface area (Å²) < 4.78 is 32.1. The number of aryl methyl sites for hydroxylation is 1. The maximum Gasteiger partial charge on any atom is 0.222 e. The van der Waals surface area contributed by atoms with Crippen molar-refractivity contribution in [2.45, 2.75) is 18.7 Å². The highest BCUT2D eigenvalue weighted by Crippen LogP contribution is 2.26. The van der Waals surface area contributed by atoms with Crippen molar-refractivity contribution in [3.05, 3.63) is 47.6 Å². The van der Waals surface area contributed by atoms with E-state index in [0.29, 0.717) is 31.1 Å². The number of pyridine rings is 1. The number of nitrogens with one attached hydrogen (secondary N) is 1. The van der Waals surface area contributed by atoms with E-state index in [1.807, 2.05) is 12.1 Å². The Labute approximate surface area is 129 Å². The first-order chi connectivity index (χ1) is 10.6. The maximum absolute atomic E-state index is 12.7. The molecule has 1 aliphatic heterocycles. The lowest BCUT2D eigenvalue weighted by Gasteiger charge is -2.35. The van der Waals surface area contributed by atoms with Crippen LogP contribution in [0.3, 0.4) is 0 Å². The van der Waals surface area contributed by atoms with Gasteiger partial charge in [0.1, 0.15) is 5.75 Å². The maximum atomic E-state index is 12.7. The number of sulfonamides is 1. The molecular formula is C14H18N4O3S. The Morgan fingerprint density at radius 3 is 3.05 bits per heavy atom. The Hall–Kier alpha value is -1.77. The molecule has 0 aliphatic carbocycles. The van der Waals surface area contributed by atoms with Crippen molar-refractivity contribution in [2.75, 3.05) is 19.6 Å². The summed E-state index contributed by atoms with van der Waals surface area (Å²) in [6.45, 7) is 3.39. The highest BCUT2D eigenvalue weighted by Gasteiger charge is 2.34. The fourth-order valence-electron chi connectivity index (χ4n) is 2.62. The van der Waals surface area contributed by atoms with Gasteiger partial charge in [-0.15, -0.1) is 0 Å². The summed E-state index contributed by atoms with van der Waals surface area (Å²) >= 11 is 0. The molecule has 0 radical (unpaired) electrons. The van der Waals surface area contributed by atoms with Crippen LogP contribution in [-0.4, -0.2) is 42.5 Å². The topological polar surface area (TPSA) is 88.3 Å². The number of nitrogens with zero attached hydrogens (tertiary/aromatic N) is 3. The summed E-state index contributed by atoms with van der Waals surface area (Å²) in [5.74, 6) is 0.186. The summed E-state index contributed by atoms with van der Waals surface area (Å²) in [5.41, 5.74) is 1.56. The zero-order chi connectivity index (χ0) is 15.6. The molecule has 3 rings (SSSR count). The van der Waals surface area contributed by atoms with E-state index < -0.39 is 10.0 Å². The molecule has 0 amide bonds. The normalized spacial score (nSPS) is 20.1. The second-order valence-corrected chi connectivity index (χ2v) is 7.23. The molecule has 118 valence electrons. The zero-order valence-corrected chi connectivity index (χ0v) is 13.1. The molecule has 8 heteroatoms. The van der Waals surface area contributed by atoms with Gasteiger partial charge in [0.25, 0.3) is 0 Å². The first kappa shape index (κ1) is 15.1. The van der Waals surface area contributed by atoms with Gasteiger partial charge in [0.15, 0.2) is 5.76 Å². The fraction of sp³-hybridized carbons (Fsp3) is 0.429. The smallest absolute Gasteiger partial charge is 0.222 e. The predicted octanol–water partition coefficient (Wildman–Crippen LogP) is 0.854. The minimum absolute atomic E-state index is 0.176. The highest BCUT2D eigenvalue weighted by atomic mass is 32.2. The Morgan fingerprint density at radius 1 is 1.50 bits per heavy atom. The number of hydrogen-bond acceptors (Lipinski definition) is 6. The Kier molecular flexibility index (Phi) is 4.23. The fourth-order valence-corrected chi connectivity index (χ4v) is 4.24. The van der Waals surface area contributed by atoms with E-state index in [2.05, 4.69) is 15.5 Å². The van der Waals surface area contributed by atoms with E-state index >= 15 is 0 Å². The summed E-state index contributed by atoms with van der Waals surface area (Å²) in [6, 6.07) is 5.11. The van der Waals surface area contributed by atoms with E-state index in [9.17, 15) is 8.42 Å². The van der Waals surface area contributed by atoms with Gasteiger partial charge in [-0.25, -0.2) is 8.42 Å². The van der Waals surface area contributed by atoms with Crippen LogP contribution < -0.4 is 5.32 Å². The third-order valence-corrected chi connectivity index (χ3v) is 5.42. The van der Waals surface area contributed by atoms with Crippen molar-refractivity contribution in [1.82, 2.24) is 19.8 Å². The van der Waals surface area contributed by atoms with Crippen LogP contribution in [0.15, 0.2) is 35.1 Å². The molecule has 22 heavy (non-hydrogen) atoms. The summed E-state index contributed by atoms with van der Waals surface area (Å²) in [4.78, 5) is 4.09. The number of rotatable bonds is 4. The van der Waals surface area contributed by atoms with E-state index in [4.69, 9.17) is 4.52 Å². The Bertz CT molecular complexity index is 730. The second-order valence-electron chi connectivity index (χ2n) is 5.31. The molecular weight excluding hydrogens is 304 g/mol. The lowest BCUT2D eigenvalue weighted by atomic mass is 10.1. The van der Waals surface area contributed by atoms with Gasteiger partial charge in [0.05, 0.1) is 11.7 Å². The lowest BCUT2D eigenvalue weighted by molar-refractivity contribution is 0.269. The van der Waals surface area contributed by atoms with Gasteiger partial charge in [-0.1, -0.05) is 11.2 Å². The summed E-state index contributed by atoms with van der Waals surface area (Å²) in [6.07, 6.45) is 3.38. The monoisotopic (exact) mass is 322 g/mol. The minimum atomic E-state index is -3.49. The molecule has 2 aromatic heterocycles. The van der Waals surface area contributed by atoms with Gasteiger partial charge in [-0.05, 0) is 18.6 Å². The van der Waals surface area contributed by atoms with Crippen molar-refractivity contribution in [3.63, 3.8) is 0 Å². The molecule has 1 atom stereocenters. The van der Waals surface area contributed by atoms with Crippen LogP contribution in [-0.2, 0) is 15.8 Å². The molecule has 7 nitrogen and oxygen atoms in total. The predicted molar refractivity (Wildman–Crippen MR) is 80.4 cm³/mol. The van der Waals surface area contributed by atoms with Gasteiger partial charge in [0.2, 0.25) is 10.0 Å². The molecule has 1 aliphatic rings. The van der Waals surface area contributed by atoms with E-state index in [-0.39, 0.29) is 11.8 Å². The van der Waals surface area contributed by atoms with E-state index in [1.165, 1.54) is 4.31 Å². The van der Waals surface area contributed by atoms with Crippen LogP contribution in [0.2, 0.25) is 0 Å². The largest absolute Gasteiger partial charge is 0.360 e. The standard InChI is InChI=1S/C14H18N4O3S/c1-11-7-13(21-17-11)10-22(19,20)18-6-5-16-9-14(18)12-3-2-4-15-8-12/h2-4,7-8,14,16H,5-6,9-10H2,1H3. The average molecular weight is 322 g/mol. The van der Waals surface area contributed by atoms with E-state index in [1.54, 1.807) is 25.4 Å². The molecule has 1 fully saturated rings. The van der Waals surface area contributed by atoms with Gasteiger partial charge in [-0.2, -0.15) is 4.31 Å². The molecule has 0 spiro atoms.